The van der Waals surface area contributed by atoms with Crippen LogP contribution < -0.4 is 0 Å². The van der Waals surface area contributed by atoms with Crippen molar-refractivity contribution in [3.8, 4) is 0 Å². The van der Waals surface area contributed by atoms with Crippen LogP contribution in [0.15, 0.2) is 0 Å². The molecule has 0 radical (unpaired) electrons. The molecular weight excluding hydrogens is 234 g/mol. The first kappa shape index (κ1) is 15.2. The summed E-state index contributed by atoms with van der Waals surface area (Å²) in [6.07, 6.45) is 1.08. The van der Waals surface area contributed by atoms with Crippen LogP contribution in [0.2, 0.25) is 0 Å². The van der Waals surface area contributed by atoms with E-state index in [1.807, 2.05) is 0 Å². The van der Waals surface area contributed by atoms with Crippen LogP contribution in [-0.2, 0) is 4.74 Å². The van der Waals surface area contributed by atoms with E-state index < -0.39 is 17.9 Å². The summed E-state index contributed by atoms with van der Waals surface area (Å²) < 4.78 is 5.31. The standard InChI is InChI=1S/C13H25NO4/c1-9(15)14(12(17)18-13(2,3)4)10-5-7-11(16)8-6-10/h9-11,15-16H,5-8H2,1-4H3. The van der Waals surface area contributed by atoms with E-state index in [0.29, 0.717) is 25.7 Å². The Kier molecular flexibility index (Phi) is 4.99. The molecule has 0 spiro atoms. The fraction of sp³-hybridized carbons (Fsp3) is 0.923. The zero-order valence-corrected chi connectivity index (χ0v) is 11.7. The lowest BCUT2D eigenvalue weighted by molar-refractivity contribution is -0.0518. The number of rotatable bonds is 2. The average molecular weight is 259 g/mol. The van der Waals surface area contributed by atoms with Gasteiger partial charge in [-0.05, 0) is 53.4 Å². The number of carbonyl (C=O) groups excluding carboxylic acids is 1. The second kappa shape index (κ2) is 5.89. The van der Waals surface area contributed by atoms with Gasteiger partial charge in [0, 0.05) is 6.04 Å². The topological polar surface area (TPSA) is 70.0 Å². The number of nitrogens with zero attached hydrogens (tertiary/aromatic N) is 1. The van der Waals surface area contributed by atoms with Crippen LogP contribution in [0.4, 0.5) is 4.79 Å². The van der Waals surface area contributed by atoms with Gasteiger partial charge in [0.1, 0.15) is 11.8 Å². The molecule has 1 unspecified atom stereocenters. The van der Waals surface area contributed by atoms with Crippen LogP contribution in [0.1, 0.15) is 53.4 Å². The van der Waals surface area contributed by atoms with Crippen molar-refractivity contribution in [2.45, 2.75) is 77.4 Å². The molecule has 0 bridgehead atoms. The van der Waals surface area contributed by atoms with Gasteiger partial charge in [-0.2, -0.15) is 0 Å². The van der Waals surface area contributed by atoms with Gasteiger partial charge in [-0.25, -0.2) is 4.79 Å². The monoisotopic (exact) mass is 259 g/mol. The molecule has 1 amide bonds. The molecule has 0 heterocycles. The lowest BCUT2D eigenvalue weighted by atomic mass is 9.92. The van der Waals surface area contributed by atoms with Crippen molar-refractivity contribution in [1.29, 1.82) is 0 Å². The highest BCUT2D eigenvalue weighted by Gasteiger charge is 2.33. The summed E-state index contributed by atoms with van der Waals surface area (Å²) in [5.74, 6) is 0. The molecule has 18 heavy (non-hydrogen) atoms. The summed E-state index contributed by atoms with van der Waals surface area (Å²) in [7, 11) is 0. The zero-order chi connectivity index (χ0) is 13.9. The molecule has 2 N–H and O–H groups in total. The number of hydrogen-bond acceptors (Lipinski definition) is 4. The predicted octanol–water partition coefficient (Wildman–Crippen LogP) is 1.87. The number of aliphatic hydroxyl groups excluding tert-OH is 2. The Labute approximate surface area is 109 Å². The summed E-state index contributed by atoms with van der Waals surface area (Å²) in [6.45, 7) is 6.97. The molecule has 0 aromatic heterocycles. The van der Waals surface area contributed by atoms with Crippen molar-refractivity contribution < 1.29 is 19.7 Å². The summed E-state index contributed by atoms with van der Waals surface area (Å²) in [5, 5.41) is 19.2. The highest BCUT2D eigenvalue weighted by atomic mass is 16.6. The SMILES string of the molecule is CC(O)N(C(=O)OC(C)(C)C)C1CCC(O)CC1. The molecule has 1 rings (SSSR count). The Morgan fingerprint density at radius 2 is 1.78 bits per heavy atom. The molecule has 0 saturated heterocycles. The van der Waals surface area contributed by atoms with E-state index in [4.69, 9.17) is 4.74 Å². The number of amides is 1. The fourth-order valence-corrected chi connectivity index (χ4v) is 2.26. The van der Waals surface area contributed by atoms with Crippen molar-refractivity contribution in [2.24, 2.45) is 0 Å². The third-order valence-corrected chi connectivity index (χ3v) is 3.07. The number of carbonyl (C=O) groups is 1. The lowest BCUT2D eigenvalue weighted by Gasteiger charge is -2.38. The van der Waals surface area contributed by atoms with Crippen LogP contribution in [-0.4, -0.2) is 45.2 Å². The largest absolute Gasteiger partial charge is 0.444 e. The molecule has 106 valence electrons. The van der Waals surface area contributed by atoms with Gasteiger partial charge in [0.15, 0.2) is 0 Å². The van der Waals surface area contributed by atoms with Gasteiger partial charge in [0.05, 0.1) is 6.10 Å². The minimum atomic E-state index is -0.875. The zero-order valence-electron chi connectivity index (χ0n) is 11.7. The molecule has 5 heteroatoms. The van der Waals surface area contributed by atoms with E-state index in [1.165, 1.54) is 4.90 Å². The van der Waals surface area contributed by atoms with E-state index in [9.17, 15) is 15.0 Å². The summed E-state index contributed by atoms with van der Waals surface area (Å²) in [4.78, 5) is 13.4. The van der Waals surface area contributed by atoms with Gasteiger partial charge in [-0.3, -0.25) is 4.90 Å². The Balaban J connectivity index is 2.68. The average Bonchev–Trinajstić information content (AvgIpc) is 2.18. The van der Waals surface area contributed by atoms with Gasteiger partial charge in [-0.15, -0.1) is 0 Å². The van der Waals surface area contributed by atoms with E-state index in [0.717, 1.165) is 0 Å². The maximum absolute atomic E-state index is 12.1. The van der Waals surface area contributed by atoms with Crippen LogP contribution >= 0.6 is 0 Å². The molecule has 1 fully saturated rings. The molecule has 1 saturated carbocycles. The van der Waals surface area contributed by atoms with Crippen molar-refractivity contribution >= 4 is 6.09 Å². The maximum atomic E-state index is 12.1. The number of aliphatic hydroxyl groups is 2. The first-order valence-electron chi connectivity index (χ1n) is 6.58. The van der Waals surface area contributed by atoms with Gasteiger partial charge in [-0.1, -0.05) is 0 Å². The predicted molar refractivity (Wildman–Crippen MR) is 68.0 cm³/mol. The Bertz CT molecular complexity index is 277. The second-order valence-electron chi connectivity index (χ2n) is 5.98. The highest BCUT2D eigenvalue weighted by Crippen LogP contribution is 2.25. The molecule has 0 aliphatic heterocycles. The summed E-state index contributed by atoms with van der Waals surface area (Å²) >= 11 is 0. The molecule has 1 aliphatic carbocycles. The van der Waals surface area contributed by atoms with Crippen molar-refractivity contribution in [3.05, 3.63) is 0 Å². The Hall–Kier alpha value is -0.810. The molecule has 1 atom stereocenters. The van der Waals surface area contributed by atoms with E-state index in [-0.39, 0.29) is 12.1 Å². The minimum absolute atomic E-state index is 0.0525. The first-order chi connectivity index (χ1) is 8.20. The van der Waals surface area contributed by atoms with E-state index >= 15 is 0 Å². The quantitative estimate of drug-likeness (QED) is 0.743. The van der Waals surface area contributed by atoms with Crippen LogP contribution in [0.3, 0.4) is 0 Å². The molecule has 0 aromatic carbocycles. The third-order valence-electron chi connectivity index (χ3n) is 3.07. The van der Waals surface area contributed by atoms with Crippen LogP contribution in [0.25, 0.3) is 0 Å². The Morgan fingerprint density at radius 3 is 2.17 bits per heavy atom. The van der Waals surface area contributed by atoms with Crippen LogP contribution in [0.5, 0.6) is 0 Å². The molecular formula is C13H25NO4. The summed E-state index contributed by atoms with van der Waals surface area (Å²) in [5.41, 5.74) is -0.571. The van der Waals surface area contributed by atoms with Gasteiger partial charge < -0.3 is 14.9 Å². The van der Waals surface area contributed by atoms with Crippen molar-refractivity contribution in [3.63, 3.8) is 0 Å². The lowest BCUT2D eigenvalue weighted by Crippen LogP contribution is -2.49. The fourth-order valence-electron chi connectivity index (χ4n) is 2.26. The second-order valence-corrected chi connectivity index (χ2v) is 5.98. The van der Waals surface area contributed by atoms with Gasteiger partial charge in [0.25, 0.3) is 0 Å². The smallest absolute Gasteiger partial charge is 0.412 e. The minimum Gasteiger partial charge on any atom is -0.444 e. The van der Waals surface area contributed by atoms with Crippen molar-refractivity contribution in [1.82, 2.24) is 4.90 Å². The van der Waals surface area contributed by atoms with Gasteiger partial charge in [0.2, 0.25) is 0 Å². The van der Waals surface area contributed by atoms with E-state index in [1.54, 1.807) is 27.7 Å². The third kappa shape index (κ3) is 4.46. The summed E-state index contributed by atoms with van der Waals surface area (Å²) in [6, 6.07) is -0.0525. The van der Waals surface area contributed by atoms with Gasteiger partial charge >= 0.3 is 6.09 Å². The number of hydrogen-bond donors (Lipinski definition) is 2. The van der Waals surface area contributed by atoms with E-state index in [2.05, 4.69) is 0 Å². The molecule has 0 aromatic rings. The highest BCUT2D eigenvalue weighted by molar-refractivity contribution is 5.68. The van der Waals surface area contributed by atoms with Crippen LogP contribution in [0, 0.1) is 0 Å². The maximum Gasteiger partial charge on any atom is 0.412 e. The Morgan fingerprint density at radius 1 is 1.28 bits per heavy atom. The normalized spacial score (nSPS) is 26.6. The number of ether oxygens (including phenoxy) is 1. The van der Waals surface area contributed by atoms with Crippen molar-refractivity contribution in [2.75, 3.05) is 0 Å². The molecule has 1 aliphatic rings. The molecule has 5 nitrogen and oxygen atoms in total. The first-order valence-corrected chi connectivity index (χ1v) is 6.58.